The minimum atomic E-state index is -0.368. The van der Waals surface area contributed by atoms with Crippen molar-refractivity contribution in [2.24, 2.45) is 5.92 Å². The number of esters is 1. The zero-order chi connectivity index (χ0) is 22.9. The molecule has 33 heavy (non-hydrogen) atoms. The normalized spacial score (nSPS) is 17.3. The number of aryl methyl sites for hydroxylation is 1. The third kappa shape index (κ3) is 4.55. The molecule has 2 aromatic heterocycles. The monoisotopic (exact) mass is 470 g/mol. The van der Waals surface area contributed by atoms with Crippen LogP contribution in [0.15, 0.2) is 5.38 Å². The summed E-state index contributed by atoms with van der Waals surface area (Å²) in [5.74, 6) is 0.0210. The molecule has 0 aromatic carbocycles. The first-order valence-corrected chi connectivity index (χ1v) is 12.7. The van der Waals surface area contributed by atoms with Crippen LogP contribution in [0.4, 0.5) is 0 Å². The second-order valence-electron chi connectivity index (χ2n) is 9.22. The fourth-order valence-corrected chi connectivity index (χ4v) is 5.97. The maximum atomic E-state index is 13.5. The van der Waals surface area contributed by atoms with E-state index in [0.717, 1.165) is 42.6 Å². The van der Waals surface area contributed by atoms with E-state index in [1.807, 2.05) is 15.0 Å². The molecule has 1 aliphatic heterocycles. The first-order valence-electron chi connectivity index (χ1n) is 11.9. The van der Waals surface area contributed by atoms with Crippen molar-refractivity contribution in [1.82, 2.24) is 20.0 Å². The fourth-order valence-electron chi connectivity index (χ4n) is 4.85. The van der Waals surface area contributed by atoms with Crippen LogP contribution in [0.5, 0.6) is 0 Å². The SMILES string of the molecule is COC(=O)CCNC(=O)c1nn(CC2CC2)c2c1CN(C(=O)c1csc3c1CCCC3)CC2. The number of fused-ring (bicyclic) bond motifs is 2. The quantitative estimate of drug-likeness (QED) is 0.628. The van der Waals surface area contributed by atoms with Crippen molar-refractivity contribution in [3.8, 4) is 0 Å². The Labute approximate surface area is 197 Å². The van der Waals surface area contributed by atoms with Gasteiger partial charge in [0.15, 0.2) is 5.69 Å². The molecule has 0 atom stereocenters. The molecule has 0 saturated heterocycles. The third-order valence-electron chi connectivity index (χ3n) is 6.90. The second-order valence-corrected chi connectivity index (χ2v) is 10.2. The molecule has 0 radical (unpaired) electrons. The van der Waals surface area contributed by atoms with E-state index >= 15 is 0 Å². The maximum absolute atomic E-state index is 13.5. The van der Waals surface area contributed by atoms with Gasteiger partial charge < -0.3 is 15.0 Å². The Bertz CT molecular complexity index is 1080. The summed E-state index contributed by atoms with van der Waals surface area (Å²) in [6.07, 6.45) is 7.59. The van der Waals surface area contributed by atoms with Crippen LogP contribution in [-0.2, 0) is 41.9 Å². The molecule has 8 nitrogen and oxygen atoms in total. The number of rotatable bonds is 7. The van der Waals surface area contributed by atoms with E-state index < -0.39 is 0 Å². The molecule has 2 amide bonds. The molecule has 1 N–H and O–H groups in total. The minimum Gasteiger partial charge on any atom is -0.469 e. The van der Waals surface area contributed by atoms with E-state index in [1.54, 1.807) is 11.3 Å². The molecule has 1 saturated carbocycles. The van der Waals surface area contributed by atoms with Crippen molar-refractivity contribution in [3.05, 3.63) is 38.3 Å². The lowest BCUT2D eigenvalue weighted by Gasteiger charge is -2.28. The molecule has 3 heterocycles. The largest absolute Gasteiger partial charge is 0.469 e. The minimum absolute atomic E-state index is 0.0621. The Morgan fingerprint density at radius 2 is 2.00 bits per heavy atom. The van der Waals surface area contributed by atoms with E-state index in [0.29, 0.717) is 31.1 Å². The molecule has 0 unspecified atom stereocenters. The van der Waals surface area contributed by atoms with Crippen LogP contribution in [0.2, 0.25) is 0 Å². The molecule has 0 bridgehead atoms. The first-order chi connectivity index (χ1) is 16.0. The predicted octanol–water partition coefficient (Wildman–Crippen LogP) is 2.72. The van der Waals surface area contributed by atoms with Crippen LogP contribution in [0.3, 0.4) is 0 Å². The average Bonchev–Trinajstić information content (AvgIpc) is 3.43. The van der Waals surface area contributed by atoms with Gasteiger partial charge in [-0.05, 0) is 50.0 Å². The summed E-state index contributed by atoms with van der Waals surface area (Å²) >= 11 is 1.70. The average molecular weight is 471 g/mol. The molecule has 176 valence electrons. The summed E-state index contributed by atoms with van der Waals surface area (Å²) in [4.78, 5) is 41.0. The summed E-state index contributed by atoms with van der Waals surface area (Å²) in [7, 11) is 1.33. The van der Waals surface area contributed by atoms with Crippen molar-refractivity contribution >= 4 is 29.1 Å². The lowest BCUT2D eigenvalue weighted by molar-refractivity contribution is -0.140. The number of thiophene rings is 1. The van der Waals surface area contributed by atoms with Crippen LogP contribution in [0, 0.1) is 5.92 Å². The molecular formula is C24H30N4O4S. The highest BCUT2D eigenvalue weighted by molar-refractivity contribution is 7.10. The Morgan fingerprint density at radius 1 is 1.18 bits per heavy atom. The lowest BCUT2D eigenvalue weighted by Crippen LogP contribution is -2.37. The number of hydrogen-bond donors (Lipinski definition) is 1. The number of aromatic nitrogens is 2. The van der Waals surface area contributed by atoms with Gasteiger partial charge in [0.2, 0.25) is 0 Å². The Balaban J connectivity index is 1.36. The molecule has 3 aliphatic rings. The van der Waals surface area contributed by atoms with E-state index in [1.165, 1.54) is 36.8 Å². The van der Waals surface area contributed by atoms with Crippen LogP contribution in [0.25, 0.3) is 0 Å². The highest BCUT2D eigenvalue weighted by atomic mass is 32.1. The Hall–Kier alpha value is -2.68. The van der Waals surface area contributed by atoms with Crippen LogP contribution >= 0.6 is 11.3 Å². The second kappa shape index (κ2) is 9.29. The summed E-state index contributed by atoms with van der Waals surface area (Å²) in [6.45, 7) is 2.04. The van der Waals surface area contributed by atoms with Gasteiger partial charge in [0.25, 0.3) is 11.8 Å². The standard InChI is InChI=1S/C24H30N4O4S/c1-32-21(29)8-10-25-23(30)22-17-13-27(11-9-19(17)28(26-22)12-15-6-7-15)24(31)18-14-33-20-5-3-2-4-16(18)20/h14-15H,2-13H2,1H3,(H,25,30). The van der Waals surface area contributed by atoms with Gasteiger partial charge >= 0.3 is 5.97 Å². The smallest absolute Gasteiger partial charge is 0.307 e. The topological polar surface area (TPSA) is 93.5 Å². The van der Waals surface area contributed by atoms with Crippen molar-refractivity contribution < 1.29 is 19.1 Å². The molecular weight excluding hydrogens is 440 g/mol. The third-order valence-corrected chi connectivity index (χ3v) is 7.99. The van der Waals surface area contributed by atoms with Gasteiger partial charge in [0.05, 0.1) is 25.6 Å². The fraction of sp³-hybridized carbons (Fsp3) is 0.583. The molecule has 1 fully saturated rings. The summed E-state index contributed by atoms with van der Waals surface area (Å²) in [5, 5.41) is 9.48. The van der Waals surface area contributed by atoms with Crippen molar-refractivity contribution in [2.45, 2.75) is 64.5 Å². The highest BCUT2D eigenvalue weighted by Crippen LogP contribution is 2.34. The predicted molar refractivity (Wildman–Crippen MR) is 123 cm³/mol. The summed E-state index contributed by atoms with van der Waals surface area (Å²) in [5.41, 5.74) is 4.35. The van der Waals surface area contributed by atoms with Crippen LogP contribution < -0.4 is 5.32 Å². The molecule has 2 aromatic rings. The van der Waals surface area contributed by atoms with Gasteiger partial charge in [-0.3, -0.25) is 19.1 Å². The number of ether oxygens (including phenoxy) is 1. The van der Waals surface area contributed by atoms with Gasteiger partial charge in [0.1, 0.15) is 0 Å². The number of carbonyl (C=O) groups is 3. The lowest BCUT2D eigenvalue weighted by atomic mass is 9.95. The van der Waals surface area contributed by atoms with Gasteiger partial charge in [0, 0.05) is 47.6 Å². The number of hydrogen-bond acceptors (Lipinski definition) is 6. The molecule has 5 rings (SSSR count). The van der Waals surface area contributed by atoms with Crippen molar-refractivity contribution in [2.75, 3.05) is 20.2 Å². The van der Waals surface area contributed by atoms with E-state index in [2.05, 4.69) is 15.2 Å². The summed E-state index contributed by atoms with van der Waals surface area (Å²) in [6, 6.07) is 0. The first kappa shape index (κ1) is 22.1. The number of methoxy groups -OCH3 is 1. The highest BCUT2D eigenvalue weighted by Gasteiger charge is 2.33. The summed E-state index contributed by atoms with van der Waals surface area (Å²) < 4.78 is 6.63. The molecule has 0 spiro atoms. The van der Waals surface area contributed by atoms with Gasteiger partial charge in [-0.15, -0.1) is 11.3 Å². The van der Waals surface area contributed by atoms with Crippen molar-refractivity contribution in [3.63, 3.8) is 0 Å². The van der Waals surface area contributed by atoms with Gasteiger partial charge in [-0.25, -0.2) is 0 Å². The zero-order valence-electron chi connectivity index (χ0n) is 19.0. The van der Waals surface area contributed by atoms with Crippen LogP contribution in [-0.4, -0.2) is 52.7 Å². The maximum Gasteiger partial charge on any atom is 0.307 e. The van der Waals surface area contributed by atoms with E-state index in [4.69, 9.17) is 0 Å². The van der Waals surface area contributed by atoms with Crippen molar-refractivity contribution in [1.29, 1.82) is 0 Å². The van der Waals surface area contributed by atoms with E-state index in [9.17, 15) is 14.4 Å². The number of amides is 2. The number of nitrogens with zero attached hydrogens (tertiary/aromatic N) is 3. The number of nitrogens with one attached hydrogen (secondary N) is 1. The van der Waals surface area contributed by atoms with E-state index in [-0.39, 0.29) is 30.7 Å². The Morgan fingerprint density at radius 3 is 2.79 bits per heavy atom. The van der Waals surface area contributed by atoms with Gasteiger partial charge in [-0.1, -0.05) is 0 Å². The van der Waals surface area contributed by atoms with Crippen LogP contribution in [0.1, 0.15) is 74.6 Å². The molecule has 9 heteroatoms. The zero-order valence-corrected chi connectivity index (χ0v) is 19.8. The Kier molecular flexibility index (Phi) is 6.23. The number of carbonyl (C=O) groups excluding carboxylic acids is 3. The van der Waals surface area contributed by atoms with Gasteiger partial charge in [-0.2, -0.15) is 5.10 Å². The molecule has 2 aliphatic carbocycles.